The van der Waals surface area contributed by atoms with Gasteiger partial charge in [0.05, 0.1) is 24.8 Å². The highest BCUT2D eigenvalue weighted by Gasteiger charge is 2.35. The number of nitrogens with one attached hydrogen (secondary N) is 1. The average molecular weight is 709 g/mol. The second-order valence-corrected chi connectivity index (χ2v) is 13.7. The molecule has 0 bridgehead atoms. The van der Waals surface area contributed by atoms with E-state index < -0.39 is 28.5 Å². The van der Waals surface area contributed by atoms with Crippen molar-refractivity contribution < 1.29 is 27.5 Å². The van der Waals surface area contributed by atoms with Crippen LogP contribution < -0.4 is 19.1 Å². The largest absolute Gasteiger partial charge is 0.493 e. The van der Waals surface area contributed by atoms with Crippen LogP contribution >= 0.6 is 15.9 Å². The van der Waals surface area contributed by atoms with E-state index in [1.165, 1.54) is 37.3 Å². The van der Waals surface area contributed by atoms with Crippen LogP contribution in [0.2, 0.25) is 0 Å². The Bertz CT molecular complexity index is 1740. The van der Waals surface area contributed by atoms with E-state index in [0.29, 0.717) is 11.4 Å². The first kappa shape index (κ1) is 34.5. The minimum atomic E-state index is -4.30. The predicted molar refractivity (Wildman–Crippen MR) is 182 cm³/mol. The molecule has 9 nitrogen and oxygen atoms in total. The minimum Gasteiger partial charge on any atom is -0.493 e. The summed E-state index contributed by atoms with van der Waals surface area (Å²) in [6, 6.07) is 28.4. The molecule has 0 saturated carbocycles. The topological polar surface area (TPSA) is 105 Å². The number of amides is 2. The molecule has 242 valence electrons. The number of nitrogens with zero attached hydrogens (tertiary/aromatic N) is 2. The molecule has 0 aliphatic rings. The monoisotopic (exact) mass is 707 g/mol. The van der Waals surface area contributed by atoms with Crippen LogP contribution in [-0.4, -0.2) is 58.0 Å². The molecule has 4 rings (SSSR count). The Morgan fingerprint density at radius 1 is 0.804 bits per heavy atom. The Labute approximate surface area is 279 Å². The molecule has 0 heterocycles. The van der Waals surface area contributed by atoms with E-state index >= 15 is 0 Å². The van der Waals surface area contributed by atoms with Gasteiger partial charge in [0.15, 0.2) is 11.5 Å². The number of ether oxygens (including phenoxy) is 2. The lowest BCUT2D eigenvalue weighted by Crippen LogP contribution is -2.54. The lowest BCUT2D eigenvalue weighted by atomic mass is 10.0. The van der Waals surface area contributed by atoms with Crippen LogP contribution in [0.3, 0.4) is 0 Å². The number of sulfonamides is 1. The molecule has 2 amide bonds. The second-order valence-electron chi connectivity index (χ2n) is 10.9. The summed E-state index contributed by atoms with van der Waals surface area (Å²) < 4.78 is 41.1. The van der Waals surface area contributed by atoms with Gasteiger partial charge in [0.25, 0.3) is 10.0 Å². The van der Waals surface area contributed by atoms with E-state index in [1.54, 1.807) is 30.3 Å². The molecule has 0 fully saturated rings. The highest BCUT2D eigenvalue weighted by molar-refractivity contribution is 9.10. The molecule has 0 aliphatic carbocycles. The second kappa shape index (κ2) is 15.8. The van der Waals surface area contributed by atoms with E-state index in [9.17, 15) is 18.0 Å². The van der Waals surface area contributed by atoms with E-state index in [4.69, 9.17) is 9.47 Å². The molecule has 1 atom stereocenters. The van der Waals surface area contributed by atoms with Crippen molar-refractivity contribution in [3.05, 3.63) is 119 Å². The summed E-state index contributed by atoms with van der Waals surface area (Å²) in [5.74, 6) is -0.291. The summed E-state index contributed by atoms with van der Waals surface area (Å²) in [6.45, 7) is 3.21. The van der Waals surface area contributed by atoms with Crippen molar-refractivity contribution in [2.24, 2.45) is 0 Å². The molecule has 0 aromatic heterocycles. The summed E-state index contributed by atoms with van der Waals surface area (Å²) in [4.78, 5) is 29.7. The van der Waals surface area contributed by atoms with Gasteiger partial charge in [0.2, 0.25) is 11.8 Å². The Kier molecular flexibility index (Phi) is 11.8. The van der Waals surface area contributed by atoms with Crippen molar-refractivity contribution in [3.8, 4) is 11.5 Å². The number of carbonyl (C=O) groups excluding carboxylic acids is 2. The van der Waals surface area contributed by atoms with E-state index in [-0.39, 0.29) is 35.6 Å². The molecular formula is C35H38BrN3O6S. The van der Waals surface area contributed by atoms with Crippen molar-refractivity contribution >= 4 is 43.5 Å². The molecule has 1 N–H and O–H groups in total. The van der Waals surface area contributed by atoms with Crippen LogP contribution in [0, 0.1) is 0 Å². The van der Waals surface area contributed by atoms with Crippen LogP contribution in [-0.2, 0) is 32.6 Å². The highest BCUT2D eigenvalue weighted by atomic mass is 79.9. The van der Waals surface area contributed by atoms with Crippen molar-refractivity contribution in [2.75, 3.05) is 25.1 Å². The van der Waals surface area contributed by atoms with Crippen molar-refractivity contribution in [2.45, 2.75) is 43.8 Å². The summed E-state index contributed by atoms with van der Waals surface area (Å²) in [5.41, 5.74) is 1.92. The van der Waals surface area contributed by atoms with Gasteiger partial charge in [-0.15, -0.1) is 0 Å². The lowest BCUT2D eigenvalue weighted by Gasteiger charge is -2.34. The Balaban J connectivity index is 1.81. The van der Waals surface area contributed by atoms with Gasteiger partial charge in [-0.1, -0.05) is 76.6 Å². The Morgan fingerprint density at radius 2 is 1.43 bits per heavy atom. The maximum Gasteiger partial charge on any atom is 0.264 e. The normalized spacial score (nSPS) is 11.9. The molecule has 0 unspecified atom stereocenters. The molecule has 4 aromatic rings. The van der Waals surface area contributed by atoms with Crippen molar-refractivity contribution in [3.63, 3.8) is 0 Å². The van der Waals surface area contributed by atoms with Crippen LogP contribution in [0.25, 0.3) is 0 Å². The van der Waals surface area contributed by atoms with Gasteiger partial charge in [-0.3, -0.25) is 13.9 Å². The van der Waals surface area contributed by atoms with E-state index in [0.717, 1.165) is 19.9 Å². The molecule has 0 aliphatic heterocycles. The number of hydrogen-bond acceptors (Lipinski definition) is 6. The van der Waals surface area contributed by atoms with Gasteiger partial charge in [0.1, 0.15) is 12.6 Å². The number of benzene rings is 4. The van der Waals surface area contributed by atoms with Gasteiger partial charge in [0, 0.05) is 29.5 Å². The first-order valence-electron chi connectivity index (χ1n) is 14.7. The fraction of sp³-hybridized carbons (Fsp3) is 0.257. The summed E-state index contributed by atoms with van der Waals surface area (Å²) in [7, 11) is -1.42. The molecule has 0 spiro atoms. The molecule has 0 radical (unpaired) electrons. The lowest BCUT2D eigenvalue weighted by molar-refractivity contribution is -0.140. The zero-order valence-corrected chi connectivity index (χ0v) is 28.6. The SMILES string of the molecule is COc1ccc(S(=O)(=O)N(CC(=O)N(Cc2cccc(Br)c2)[C@H](Cc2ccccc2)C(=O)NC(C)C)c2ccccc2)cc1OC. The number of anilines is 1. The van der Waals surface area contributed by atoms with Crippen LogP contribution in [0.1, 0.15) is 25.0 Å². The quantitative estimate of drug-likeness (QED) is 0.177. The van der Waals surface area contributed by atoms with Gasteiger partial charge in [-0.05, 0) is 61.4 Å². The number of para-hydroxylation sites is 1. The summed E-state index contributed by atoms with van der Waals surface area (Å²) in [6.07, 6.45) is 0.229. The van der Waals surface area contributed by atoms with Crippen LogP contribution in [0.5, 0.6) is 11.5 Å². The van der Waals surface area contributed by atoms with Crippen LogP contribution in [0.4, 0.5) is 5.69 Å². The van der Waals surface area contributed by atoms with E-state index in [1.807, 2.05) is 68.4 Å². The zero-order chi connectivity index (χ0) is 33.3. The number of methoxy groups -OCH3 is 2. The van der Waals surface area contributed by atoms with Crippen LogP contribution in [0.15, 0.2) is 112 Å². The maximum absolute atomic E-state index is 14.5. The average Bonchev–Trinajstić information content (AvgIpc) is 3.05. The third-order valence-electron chi connectivity index (χ3n) is 7.21. The first-order chi connectivity index (χ1) is 22.0. The molecule has 11 heteroatoms. The summed E-state index contributed by atoms with van der Waals surface area (Å²) >= 11 is 3.50. The highest BCUT2D eigenvalue weighted by Crippen LogP contribution is 2.32. The summed E-state index contributed by atoms with van der Waals surface area (Å²) in [5, 5.41) is 2.96. The maximum atomic E-state index is 14.5. The molecule has 0 saturated heterocycles. The van der Waals surface area contributed by atoms with Gasteiger partial charge in [-0.25, -0.2) is 8.42 Å². The number of hydrogen-bond donors (Lipinski definition) is 1. The Hall–Kier alpha value is -4.35. The third kappa shape index (κ3) is 8.67. The Morgan fingerprint density at radius 3 is 2.04 bits per heavy atom. The fourth-order valence-electron chi connectivity index (χ4n) is 4.99. The van der Waals surface area contributed by atoms with Crippen molar-refractivity contribution in [1.29, 1.82) is 0 Å². The standard InChI is InChI=1S/C35H38BrN3O6S/c1-25(2)37-35(41)31(21-26-12-7-5-8-13-26)38(23-27-14-11-15-28(36)20-27)34(40)24-39(29-16-9-6-10-17-29)46(42,43)30-18-19-32(44-3)33(22-30)45-4/h5-20,22,25,31H,21,23-24H2,1-4H3,(H,37,41)/t31-/m1/s1. The fourth-order valence-corrected chi connectivity index (χ4v) is 6.87. The van der Waals surface area contributed by atoms with Gasteiger partial charge in [-0.2, -0.15) is 0 Å². The predicted octanol–water partition coefficient (Wildman–Crippen LogP) is 5.83. The minimum absolute atomic E-state index is 0.0698. The molecular weight excluding hydrogens is 670 g/mol. The number of rotatable bonds is 14. The van der Waals surface area contributed by atoms with Crippen molar-refractivity contribution in [1.82, 2.24) is 10.2 Å². The first-order valence-corrected chi connectivity index (χ1v) is 16.9. The van der Waals surface area contributed by atoms with Gasteiger partial charge >= 0.3 is 0 Å². The van der Waals surface area contributed by atoms with Gasteiger partial charge < -0.3 is 19.7 Å². The van der Waals surface area contributed by atoms with E-state index in [2.05, 4.69) is 21.2 Å². The smallest absolute Gasteiger partial charge is 0.264 e. The number of carbonyl (C=O) groups is 2. The zero-order valence-electron chi connectivity index (χ0n) is 26.2. The molecule has 46 heavy (non-hydrogen) atoms. The number of halogens is 1. The third-order valence-corrected chi connectivity index (χ3v) is 9.47. The molecule has 4 aromatic carbocycles.